The Morgan fingerprint density at radius 3 is 2.46 bits per heavy atom. The van der Waals surface area contributed by atoms with E-state index in [9.17, 15) is 14.4 Å². The number of fused-ring (bicyclic) bond motifs is 1. The number of benzene rings is 1. The van der Waals surface area contributed by atoms with Crippen molar-refractivity contribution >= 4 is 11.8 Å². The number of carbonyl (C=O) groups excluding carboxylic acids is 2. The van der Waals surface area contributed by atoms with Gasteiger partial charge in [0.1, 0.15) is 5.56 Å². The summed E-state index contributed by atoms with van der Waals surface area (Å²) in [7, 11) is 1.63. The molecule has 35 heavy (non-hydrogen) atoms. The first-order valence-electron chi connectivity index (χ1n) is 12.3. The molecule has 178 valence electrons. The third-order valence-electron chi connectivity index (χ3n) is 7.35. The molecule has 0 bridgehead atoms. The van der Waals surface area contributed by atoms with Gasteiger partial charge in [-0.15, -0.1) is 0 Å². The van der Waals surface area contributed by atoms with E-state index in [1.807, 2.05) is 29.2 Å². The molecule has 2 aromatic carbocycles. The summed E-state index contributed by atoms with van der Waals surface area (Å²) in [6.45, 7) is 1.19. The molecule has 1 aromatic heterocycles. The number of aryl methyl sites for hydroxylation is 1. The molecule has 6 heteroatoms. The monoisotopic (exact) mass is 467 g/mol. The van der Waals surface area contributed by atoms with Crippen molar-refractivity contribution in [2.45, 2.75) is 43.6 Å². The van der Waals surface area contributed by atoms with Gasteiger partial charge in [-0.05, 0) is 61.1 Å². The molecule has 0 radical (unpaired) electrons. The number of aromatic nitrogens is 1. The molecule has 0 spiro atoms. The number of piperidine rings is 1. The first-order chi connectivity index (χ1) is 17.0. The smallest absolute Gasteiger partial charge is 0.263 e. The van der Waals surface area contributed by atoms with E-state index in [-0.39, 0.29) is 40.8 Å². The highest BCUT2D eigenvalue weighted by molar-refractivity contribution is 5.94. The number of rotatable bonds is 4. The van der Waals surface area contributed by atoms with Crippen molar-refractivity contribution in [1.82, 2.24) is 14.8 Å². The lowest BCUT2D eigenvalue weighted by molar-refractivity contribution is -0.134. The standard InChI is InChI=1S/C29H29N3O3/c1-31-17-7-12-26(28(31)34)27(33)30-21-15-18-32(19-16-21)29(35)25-14-13-22(20-8-3-2-4-9-20)23-10-5-6-11-24(23)25/h2-3,5-8,10-12,17,21-22,25H,13-16,18-19H2,1H3,(H,30,33)/t22?,25-/m0/s1. The van der Waals surface area contributed by atoms with Gasteiger partial charge in [0.25, 0.3) is 11.5 Å². The fourth-order valence-corrected chi connectivity index (χ4v) is 5.44. The molecule has 1 aliphatic heterocycles. The van der Waals surface area contributed by atoms with Crippen LogP contribution in [0.15, 0.2) is 65.6 Å². The predicted octanol–water partition coefficient (Wildman–Crippen LogP) is 3.42. The van der Waals surface area contributed by atoms with Gasteiger partial charge in [0.2, 0.25) is 5.91 Å². The highest BCUT2D eigenvalue weighted by Crippen LogP contribution is 2.42. The van der Waals surface area contributed by atoms with Crippen LogP contribution in [0.3, 0.4) is 0 Å². The van der Waals surface area contributed by atoms with Gasteiger partial charge >= 0.3 is 0 Å². The first-order valence-corrected chi connectivity index (χ1v) is 12.3. The zero-order valence-corrected chi connectivity index (χ0v) is 19.9. The molecule has 2 heterocycles. The molecule has 1 aliphatic carbocycles. The van der Waals surface area contributed by atoms with Gasteiger partial charge in [-0.25, -0.2) is 0 Å². The van der Waals surface area contributed by atoms with Crippen molar-refractivity contribution in [3.05, 3.63) is 106 Å². The van der Waals surface area contributed by atoms with Crippen molar-refractivity contribution in [2.75, 3.05) is 13.1 Å². The number of likely N-dealkylation sites (tertiary alicyclic amines) is 1. The number of hydrogen-bond donors (Lipinski definition) is 1. The maximum Gasteiger partial charge on any atom is 0.263 e. The quantitative estimate of drug-likeness (QED) is 0.639. The van der Waals surface area contributed by atoms with Crippen molar-refractivity contribution < 1.29 is 9.59 Å². The van der Waals surface area contributed by atoms with E-state index >= 15 is 0 Å². The molecule has 1 N–H and O–H groups in total. The SMILES string of the molecule is Cn1cccc(C(=O)NC2CCN(C(=O)[C@H]3CCC(c4c#cccc4)c4ccccc43)CC2)c1=O. The molecule has 2 amide bonds. The van der Waals surface area contributed by atoms with Crippen LogP contribution in [-0.2, 0) is 11.8 Å². The van der Waals surface area contributed by atoms with E-state index in [0.717, 1.165) is 24.0 Å². The second-order valence-electron chi connectivity index (χ2n) is 9.47. The number of carbonyl (C=O) groups is 2. The predicted molar refractivity (Wildman–Crippen MR) is 133 cm³/mol. The van der Waals surface area contributed by atoms with E-state index in [1.165, 1.54) is 10.1 Å². The van der Waals surface area contributed by atoms with E-state index < -0.39 is 0 Å². The van der Waals surface area contributed by atoms with Crippen LogP contribution in [0.4, 0.5) is 0 Å². The van der Waals surface area contributed by atoms with E-state index in [0.29, 0.717) is 25.9 Å². The van der Waals surface area contributed by atoms with Crippen molar-refractivity contribution in [2.24, 2.45) is 7.05 Å². The zero-order valence-electron chi connectivity index (χ0n) is 19.9. The van der Waals surface area contributed by atoms with Gasteiger partial charge in [-0.2, -0.15) is 0 Å². The Morgan fingerprint density at radius 1 is 0.943 bits per heavy atom. The fraction of sp³-hybridized carbons (Fsp3) is 0.345. The summed E-state index contributed by atoms with van der Waals surface area (Å²) in [5.41, 5.74) is 3.28. The molecule has 0 saturated carbocycles. The molecular formula is C29H29N3O3. The maximum absolute atomic E-state index is 13.6. The summed E-state index contributed by atoms with van der Waals surface area (Å²) in [6.07, 6.45) is 4.69. The number of pyridine rings is 1. The van der Waals surface area contributed by atoms with E-state index in [1.54, 1.807) is 25.4 Å². The van der Waals surface area contributed by atoms with Crippen LogP contribution in [0.1, 0.15) is 64.6 Å². The number of nitrogens with one attached hydrogen (secondary N) is 1. The van der Waals surface area contributed by atoms with E-state index in [4.69, 9.17) is 0 Å². The minimum Gasteiger partial charge on any atom is -0.349 e. The lowest BCUT2D eigenvalue weighted by Gasteiger charge is -2.37. The highest BCUT2D eigenvalue weighted by Gasteiger charge is 2.35. The molecular weight excluding hydrogens is 438 g/mol. The Labute approximate surface area is 205 Å². The van der Waals surface area contributed by atoms with Crippen molar-refractivity contribution in [3.8, 4) is 0 Å². The number of amides is 2. The van der Waals surface area contributed by atoms with Gasteiger partial charge in [-0.3, -0.25) is 14.4 Å². The Morgan fingerprint density at radius 2 is 1.71 bits per heavy atom. The van der Waals surface area contributed by atoms with Crippen molar-refractivity contribution in [1.29, 1.82) is 0 Å². The summed E-state index contributed by atoms with van der Waals surface area (Å²) < 4.78 is 1.40. The molecule has 1 saturated heterocycles. The third kappa shape index (κ3) is 4.59. The largest absolute Gasteiger partial charge is 0.349 e. The molecule has 3 aromatic rings. The van der Waals surface area contributed by atoms with Crippen LogP contribution in [0.25, 0.3) is 0 Å². The Hall–Kier alpha value is -3.85. The maximum atomic E-state index is 13.6. The van der Waals surface area contributed by atoms with Gasteiger partial charge in [0.05, 0.1) is 5.92 Å². The van der Waals surface area contributed by atoms with Crippen LogP contribution in [0, 0.1) is 12.1 Å². The third-order valence-corrected chi connectivity index (χ3v) is 7.35. The lowest BCUT2D eigenvalue weighted by Crippen LogP contribution is -2.48. The minimum atomic E-state index is -0.349. The van der Waals surface area contributed by atoms with E-state index in [2.05, 4.69) is 35.6 Å². The van der Waals surface area contributed by atoms with Gasteiger partial charge < -0.3 is 14.8 Å². The molecule has 6 nitrogen and oxygen atoms in total. The lowest BCUT2D eigenvalue weighted by atomic mass is 9.73. The molecule has 1 fully saturated rings. The summed E-state index contributed by atoms with van der Waals surface area (Å²) in [4.78, 5) is 40.4. The summed E-state index contributed by atoms with van der Waals surface area (Å²) in [6, 6.07) is 23.7. The fourth-order valence-electron chi connectivity index (χ4n) is 5.44. The Balaban J connectivity index is 1.24. The summed E-state index contributed by atoms with van der Waals surface area (Å²) in [5.74, 6) is -0.0904. The average Bonchev–Trinajstić information content (AvgIpc) is 2.90. The Kier molecular flexibility index (Phi) is 6.41. The van der Waals surface area contributed by atoms with Crippen LogP contribution in [0.2, 0.25) is 0 Å². The molecule has 1 unspecified atom stereocenters. The zero-order chi connectivity index (χ0) is 24.4. The number of nitrogens with zero attached hydrogens (tertiary/aromatic N) is 2. The highest BCUT2D eigenvalue weighted by atomic mass is 16.2. The average molecular weight is 468 g/mol. The minimum absolute atomic E-state index is 0.0515. The van der Waals surface area contributed by atoms with Crippen molar-refractivity contribution in [3.63, 3.8) is 0 Å². The molecule has 2 atom stereocenters. The van der Waals surface area contributed by atoms with Gasteiger partial charge in [0, 0.05) is 43.9 Å². The second kappa shape index (κ2) is 9.79. The summed E-state index contributed by atoms with van der Waals surface area (Å²) >= 11 is 0. The first kappa shape index (κ1) is 22.9. The molecule has 2 aliphatic rings. The second-order valence-corrected chi connectivity index (χ2v) is 9.47. The van der Waals surface area contributed by atoms with Gasteiger partial charge in [0.15, 0.2) is 0 Å². The summed E-state index contributed by atoms with van der Waals surface area (Å²) in [5, 5.41) is 2.99. The number of hydrogen-bond acceptors (Lipinski definition) is 3. The van der Waals surface area contributed by atoms with Crippen LogP contribution >= 0.6 is 0 Å². The normalized spacial score (nSPS) is 20.0. The van der Waals surface area contributed by atoms with Gasteiger partial charge in [-0.1, -0.05) is 42.5 Å². The molecule has 5 rings (SSSR count). The van der Waals surface area contributed by atoms with Crippen LogP contribution < -0.4 is 10.9 Å². The Bertz CT molecular complexity index is 1280. The van der Waals surface area contributed by atoms with Crippen LogP contribution in [-0.4, -0.2) is 40.4 Å². The topological polar surface area (TPSA) is 71.4 Å². The van der Waals surface area contributed by atoms with Crippen LogP contribution in [0.5, 0.6) is 0 Å².